The number of ketones is 2. The Morgan fingerprint density at radius 3 is 2.16 bits per heavy atom. The molecule has 0 bridgehead atoms. The van der Waals surface area contributed by atoms with Crippen LogP contribution in [0.1, 0.15) is 57.3 Å². The minimum absolute atomic E-state index is 0.0157. The largest absolute Gasteiger partial charge is 0.497 e. The van der Waals surface area contributed by atoms with E-state index in [4.69, 9.17) is 9.47 Å². The van der Waals surface area contributed by atoms with Crippen molar-refractivity contribution in [3.63, 3.8) is 0 Å². The van der Waals surface area contributed by atoms with Gasteiger partial charge in [-0.25, -0.2) is 0 Å². The molecule has 44 heavy (non-hydrogen) atoms. The molecule has 1 N–H and O–H groups in total. The van der Waals surface area contributed by atoms with Gasteiger partial charge in [-0.1, -0.05) is 42.5 Å². The van der Waals surface area contributed by atoms with Gasteiger partial charge in [0.1, 0.15) is 23.0 Å². The number of carbonyl (C=O) groups is 3. The molecule has 4 aromatic carbocycles. The van der Waals surface area contributed by atoms with Gasteiger partial charge in [-0.05, 0) is 91.2 Å². The van der Waals surface area contributed by atoms with Crippen molar-refractivity contribution in [2.75, 3.05) is 12.4 Å². The van der Waals surface area contributed by atoms with E-state index >= 15 is 0 Å². The van der Waals surface area contributed by atoms with Gasteiger partial charge in [-0.3, -0.25) is 14.4 Å². The Morgan fingerprint density at radius 2 is 1.45 bits per heavy atom. The fraction of sp³-hybridized carbons (Fsp3) is 0.216. The lowest BCUT2D eigenvalue weighted by atomic mass is 9.62. The zero-order chi connectivity index (χ0) is 30.6. The molecule has 0 aliphatic carbocycles. The number of nitrogens with one attached hydrogen (secondary N) is 1. The number of hydrogen-bond acceptors (Lipinski definition) is 6. The zero-order valence-corrected chi connectivity index (χ0v) is 24.7. The zero-order valence-electron chi connectivity index (χ0n) is 24.7. The van der Waals surface area contributed by atoms with Crippen LogP contribution >= 0.6 is 0 Å². The van der Waals surface area contributed by atoms with Crippen molar-refractivity contribution in [3.8, 4) is 11.5 Å². The first-order valence-electron chi connectivity index (χ1n) is 14.8. The van der Waals surface area contributed by atoms with Crippen LogP contribution in [0.15, 0.2) is 103 Å². The van der Waals surface area contributed by atoms with Crippen molar-refractivity contribution in [3.05, 3.63) is 131 Å². The number of fused-ring (bicyclic) bond motifs is 6. The van der Waals surface area contributed by atoms with E-state index in [0.717, 1.165) is 11.1 Å². The van der Waals surface area contributed by atoms with Crippen molar-refractivity contribution < 1.29 is 23.9 Å². The van der Waals surface area contributed by atoms with E-state index in [1.165, 1.54) is 0 Å². The standard InChI is InChI=1S/C37H32N2O5/c1-22(2)44-27-18-14-25(15-19-27)34(41)32-31(33(40)24-12-16-26(43-3)17-13-24)37(29-10-6-7-11-30(29)38-36(37)42)35-28-9-5-4-8-23(28)20-21-39(32)35/h4-22,31-32,35H,1-3H3,(H,38,42)/t31-,32-,35+,37-/m0/s1. The fourth-order valence-electron chi connectivity index (χ4n) is 7.24. The molecule has 4 atom stereocenters. The quantitative estimate of drug-likeness (QED) is 0.251. The minimum atomic E-state index is -1.38. The third-order valence-electron chi connectivity index (χ3n) is 9.01. The first kappa shape index (κ1) is 27.7. The Labute approximate surface area is 256 Å². The highest BCUT2D eigenvalue weighted by atomic mass is 16.5. The summed E-state index contributed by atoms with van der Waals surface area (Å²) in [6.45, 7) is 3.88. The molecule has 0 aromatic heterocycles. The smallest absolute Gasteiger partial charge is 0.238 e. The van der Waals surface area contributed by atoms with Crippen LogP contribution in [0.4, 0.5) is 5.69 Å². The summed E-state index contributed by atoms with van der Waals surface area (Å²) < 4.78 is 11.2. The number of anilines is 1. The maximum Gasteiger partial charge on any atom is 0.238 e. The maximum absolute atomic E-state index is 14.9. The number of para-hydroxylation sites is 1. The van der Waals surface area contributed by atoms with Gasteiger partial charge in [0.25, 0.3) is 0 Å². The van der Waals surface area contributed by atoms with Crippen molar-refractivity contribution in [1.82, 2.24) is 4.90 Å². The molecular weight excluding hydrogens is 552 g/mol. The highest BCUT2D eigenvalue weighted by Gasteiger charge is 2.70. The SMILES string of the molecule is COc1ccc(C(=O)[C@@H]2[C@@H](C(=O)c3ccc(OC(C)C)cc3)N3C=Cc4ccccc4[C@@H]3[C@@]23C(=O)Nc2ccccc23)cc1. The first-order chi connectivity index (χ1) is 21.3. The van der Waals surface area contributed by atoms with Crippen LogP contribution in [0.3, 0.4) is 0 Å². The molecule has 3 aliphatic rings. The van der Waals surface area contributed by atoms with Gasteiger partial charge < -0.3 is 19.7 Å². The molecule has 1 fully saturated rings. The van der Waals surface area contributed by atoms with Gasteiger partial charge in [0, 0.05) is 23.0 Å². The van der Waals surface area contributed by atoms with E-state index in [1.54, 1.807) is 55.6 Å². The number of carbonyl (C=O) groups excluding carboxylic acids is 3. The molecule has 220 valence electrons. The van der Waals surface area contributed by atoms with Crippen LogP contribution in [-0.2, 0) is 10.2 Å². The van der Waals surface area contributed by atoms with Crippen LogP contribution in [0.2, 0.25) is 0 Å². The molecule has 4 aromatic rings. The predicted octanol–water partition coefficient (Wildman–Crippen LogP) is 6.46. The van der Waals surface area contributed by atoms with Crippen molar-refractivity contribution in [1.29, 1.82) is 0 Å². The number of nitrogens with zero attached hydrogens (tertiary/aromatic N) is 1. The predicted molar refractivity (Wildman–Crippen MR) is 168 cm³/mol. The molecule has 1 spiro atoms. The topological polar surface area (TPSA) is 84.9 Å². The molecule has 7 nitrogen and oxygen atoms in total. The van der Waals surface area contributed by atoms with Gasteiger partial charge in [-0.2, -0.15) is 0 Å². The van der Waals surface area contributed by atoms with E-state index in [9.17, 15) is 14.4 Å². The molecule has 1 saturated heterocycles. The Bertz CT molecular complexity index is 1810. The summed E-state index contributed by atoms with van der Waals surface area (Å²) in [5, 5.41) is 3.08. The van der Waals surface area contributed by atoms with Crippen molar-refractivity contribution in [2.45, 2.75) is 37.5 Å². The molecule has 0 radical (unpaired) electrons. The van der Waals surface area contributed by atoms with E-state index in [0.29, 0.717) is 33.9 Å². The third-order valence-corrected chi connectivity index (χ3v) is 9.01. The highest BCUT2D eigenvalue weighted by molar-refractivity contribution is 6.16. The second-order valence-corrected chi connectivity index (χ2v) is 11.7. The first-order valence-corrected chi connectivity index (χ1v) is 14.8. The second-order valence-electron chi connectivity index (χ2n) is 11.7. The average Bonchev–Trinajstić information content (AvgIpc) is 3.52. The second kappa shape index (κ2) is 10.5. The lowest BCUT2D eigenvalue weighted by Crippen LogP contribution is -2.49. The van der Waals surface area contributed by atoms with Gasteiger partial charge >= 0.3 is 0 Å². The van der Waals surface area contributed by atoms with Crippen LogP contribution in [0, 0.1) is 5.92 Å². The minimum Gasteiger partial charge on any atom is -0.497 e. The molecule has 0 unspecified atom stereocenters. The summed E-state index contributed by atoms with van der Waals surface area (Å²) in [6, 6.07) is 27.7. The number of methoxy groups -OCH3 is 1. The van der Waals surface area contributed by atoms with Crippen LogP contribution in [-0.4, -0.2) is 41.6 Å². The summed E-state index contributed by atoms with van der Waals surface area (Å²) in [5.74, 6) is -0.591. The fourth-order valence-corrected chi connectivity index (χ4v) is 7.24. The highest BCUT2D eigenvalue weighted by Crippen LogP contribution is 2.62. The summed E-state index contributed by atoms with van der Waals surface area (Å²) in [5.41, 5.74) is 2.68. The summed E-state index contributed by atoms with van der Waals surface area (Å²) in [7, 11) is 1.57. The van der Waals surface area contributed by atoms with Crippen LogP contribution < -0.4 is 14.8 Å². The van der Waals surface area contributed by atoms with Gasteiger partial charge in [-0.15, -0.1) is 0 Å². The Balaban J connectivity index is 1.46. The summed E-state index contributed by atoms with van der Waals surface area (Å²) >= 11 is 0. The molecule has 3 heterocycles. The van der Waals surface area contributed by atoms with Gasteiger partial charge in [0.15, 0.2) is 11.6 Å². The Kier molecular flexibility index (Phi) is 6.61. The number of hydrogen-bond donors (Lipinski definition) is 1. The van der Waals surface area contributed by atoms with Crippen LogP contribution in [0.5, 0.6) is 11.5 Å². The average molecular weight is 585 g/mol. The Morgan fingerprint density at radius 1 is 0.818 bits per heavy atom. The molecule has 0 saturated carbocycles. The third kappa shape index (κ3) is 4.07. The molecule has 7 rings (SSSR count). The molecule has 7 heteroatoms. The normalized spacial score (nSPS) is 22.8. The monoisotopic (exact) mass is 584 g/mol. The molecular formula is C37H32N2O5. The molecule has 1 amide bonds. The Hall–Kier alpha value is -5.17. The maximum atomic E-state index is 14.9. The van der Waals surface area contributed by atoms with E-state index < -0.39 is 23.4 Å². The lowest BCUT2D eigenvalue weighted by molar-refractivity contribution is -0.122. The number of amides is 1. The summed E-state index contributed by atoms with van der Waals surface area (Å²) in [4.78, 5) is 46.1. The van der Waals surface area contributed by atoms with Gasteiger partial charge in [0.05, 0.1) is 25.2 Å². The van der Waals surface area contributed by atoms with Crippen molar-refractivity contribution in [2.24, 2.45) is 5.92 Å². The van der Waals surface area contributed by atoms with Gasteiger partial charge in [0.2, 0.25) is 5.91 Å². The lowest BCUT2D eigenvalue weighted by Gasteiger charge is -2.38. The van der Waals surface area contributed by atoms with E-state index in [-0.39, 0.29) is 23.6 Å². The number of ether oxygens (including phenoxy) is 2. The molecule has 3 aliphatic heterocycles. The van der Waals surface area contributed by atoms with E-state index in [1.807, 2.05) is 79.6 Å². The van der Waals surface area contributed by atoms with Crippen LogP contribution in [0.25, 0.3) is 6.08 Å². The van der Waals surface area contributed by atoms with E-state index in [2.05, 4.69) is 5.32 Å². The summed E-state index contributed by atoms with van der Waals surface area (Å²) in [6.07, 6.45) is 3.82. The number of benzene rings is 4. The van der Waals surface area contributed by atoms with Crippen molar-refractivity contribution >= 4 is 29.2 Å². The number of rotatable bonds is 7. The number of Topliss-reactive ketones (excluding diaryl/α,β-unsaturated/α-hetero) is 2.